The van der Waals surface area contributed by atoms with E-state index < -0.39 is 0 Å². The van der Waals surface area contributed by atoms with Gasteiger partial charge in [0.15, 0.2) is 5.96 Å². The van der Waals surface area contributed by atoms with Crippen LogP contribution in [0.5, 0.6) is 0 Å². The van der Waals surface area contributed by atoms with Crippen molar-refractivity contribution in [1.82, 2.24) is 20.1 Å². The van der Waals surface area contributed by atoms with Crippen molar-refractivity contribution in [1.29, 1.82) is 0 Å². The van der Waals surface area contributed by atoms with Crippen LogP contribution in [0.3, 0.4) is 0 Å². The Labute approximate surface area is 191 Å². The molecule has 1 aliphatic carbocycles. The SMILES string of the molecule is CCNC(=NCC(C)CN1CCOCC1)N(C)Cc1nc2c(s1)CCCC2.I. The highest BCUT2D eigenvalue weighted by Gasteiger charge is 2.17. The van der Waals surface area contributed by atoms with Gasteiger partial charge in [-0.3, -0.25) is 9.89 Å². The predicted molar refractivity (Wildman–Crippen MR) is 128 cm³/mol. The highest BCUT2D eigenvalue weighted by Crippen LogP contribution is 2.27. The minimum absolute atomic E-state index is 0. The normalized spacial score (nSPS) is 18.9. The largest absolute Gasteiger partial charge is 0.379 e. The van der Waals surface area contributed by atoms with Gasteiger partial charge in [0.1, 0.15) is 5.01 Å². The van der Waals surface area contributed by atoms with Crippen LogP contribution in [0.1, 0.15) is 42.3 Å². The first-order chi connectivity index (χ1) is 13.2. The maximum absolute atomic E-state index is 5.44. The highest BCUT2D eigenvalue weighted by atomic mass is 127. The van der Waals surface area contributed by atoms with E-state index in [1.807, 2.05) is 11.3 Å². The van der Waals surface area contributed by atoms with E-state index in [0.29, 0.717) is 5.92 Å². The average Bonchev–Trinajstić information content (AvgIpc) is 3.08. The van der Waals surface area contributed by atoms with Crippen molar-refractivity contribution in [3.05, 3.63) is 15.6 Å². The quantitative estimate of drug-likeness (QED) is 0.340. The van der Waals surface area contributed by atoms with Crippen LogP contribution in [-0.4, -0.2) is 73.7 Å². The molecular formula is C20H36IN5OS. The number of aromatic nitrogens is 1. The molecule has 0 bridgehead atoms. The number of rotatable bonds is 7. The molecule has 1 aromatic heterocycles. The van der Waals surface area contributed by atoms with Crippen molar-refractivity contribution in [2.45, 2.75) is 46.1 Å². The molecule has 0 saturated carbocycles. The fourth-order valence-electron chi connectivity index (χ4n) is 3.75. The number of nitrogens with zero attached hydrogens (tertiary/aromatic N) is 4. The lowest BCUT2D eigenvalue weighted by Gasteiger charge is -2.29. The summed E-state index contributed by atoms with van der Waals surface area (Å²) in [6.45, 7) is 11.9. The summed E-state index contributed by atoms with van der Waals surface area (Å²) >= 11 is 1.89. The number of halogens is 1. The lowest BCUT2D eigenvalue weighted by molar-refractivity contribution is 0.0323. The lowest BCUT2D eigenvalue weighted by atomic mass is 10.0. The Kier molecular flexibility index (Phi) is 10.5. The molecule has 2 aliphatic rings. The second-order valence-electron chi connectivity index (χ2n) is 7.75. The van der Waals surface area contributed by atoms with Crippen LogP contribution in [-0.2, 0) is 24.1 Å². The predicted octanol–water partition coefficient (Wildman–Crippen LogP) is 3.01. The van der Waals surface area contributed by atoms with E-state index in [4.69, 9.17) is 14.7 Å². The van der Waals surface area contributed by atoms with E-state index in [2.05, 4.69) is 36.0 Å². The number of thiazole rings is 1. The number of aliphatic imine (C=N–C) groups is 1. The molecule has 2 heterocycles. The number of ether oxygens (including phenoxy) is 1. The molecule has 0 aromatic carbocycles. The number of aryl methyl sites for hydroxylation is 2. The summed E-state index contributed by atoms with van der Waals surface area (Å²) in [7, 11) is 2.12. The highest BCUT2D eigenvalue weighted by molar-refractivity contribution is 14.0. The van der Waals surface area contributed by atoms with Crippen molar-refractivity contribution < 1.29 is 4.74 Å². The number of fused-ring (bicyclic) bond motifs is 1. The molecule has 1 saturated heterocycles. The first-order valence-corrected chi connectivity index (χ1v) is 11.2. The summed E-state index contributed by atoms with van der Waals surface area (Å²) in [4.78, 5) is 16.0. The standard InChI is InChI=1S/C20H35N5OS.HI/c1-4-21-20(22-13-16(2)14-25-9-11-26-12-10-25)24(3)15-19-23-17-7-5-6-8-18(17)27-19;/h16H,4-15H2,1-3H3,(H,21,22);1H. The summed E-state index contributed by atoms with van der Waals surface area (Å²) in [6, 6.07) is 0. The minimum atomic E-state index is 0. The van der Waals surface area contributed by atoms with E-state index in [9.17, 15) is 0 Å². The third kappa shape index (κ3) is 7.11. The lowest BCUT2D eigenvalue weighted by Crippen LogP contribution is -2.40. The molecular weight excluding hydrogens is 485 g/mol. The van der Waals surface area contributed by atoms with Crippen LogP contribution in [0.4, 0.5) is 0 Å². The molecule has 1 fully saturated rings. The third-order valence-corrected chi connectivity index (χ3v) is 6.33. The van der Waals surface area contributed by atoms with Crippen molar-refractivity contribution in [2.75, 3.05) is 53.0 Å². The molecule has 28 heavy (non-hydrogen) atoms. The maximum Gasteiger partial charge on any atom is 0.194 e. The topological polar surface area (TPSA) is 53.0 Å². The Hall–Kier alpha value is -0.450. The fraction of sp³-hybridized carbons (Fsp3) is 0.800. The van der Waals surface area contributed by atoms with Gasteiger partial charge in [0, 0.05) is 44.6 Å². The Morgan fingerprint density at radius 2 is 2.07 bits per heavy atom. The maximum atomic E-state index is 5.44. The zero-order chi connectivity index (χ0) is 19.1. The minimum Gasteiger partial charge on any atom is -0.379 e. The molecule has 8 heteroatoms. The van der Waals surface area contributed by atoms with Gasteiger partial charge < -0.3 is 15.0 Å². The molecule has 1 atom stereocenters. The van der Waals surface area contributed by atoms with Gasteiger partial charge in [0.25, 0.3) is 0 Å². The average molecular weight is 522 g/mol. The van der Waals surface area contributed by atoms with E-state index >= 15 is 0 Å². The van der Waals surface area contributed by atoms with Crippen LogP contribution in [0.25, 0.3) is 0 Å². The van der Waals surface area contributed by atoms with Crippen LogP contribution in [0.15, 0.2) is 4.99 Å². The van der Waals surface area contributed by atoms with Gasteiger partial charge >= 0.3 is 0 Å². The summed E-state index contributed by atoms with van der Waals surface area (Å²) in [5, 5.41) is 4.66. The number of morpholine rings is 1. The molecule has 1 aromatic rings. The van der Waals surface area contributed by atoms with E-state index in [-0.39, 0.29) is 24.0 Å². The number of guanidine groups is 1. The van der Waals surface area contributed by atoms with Crippen LogP contribution < -0.4 is 5.32 Å². The molecule has 1 N–H and O–H groups in total. The second-order valence-corrected chi connectivity index (χ2v) is 8.92. The molecule has 0 amide bonds. The van der Waals surface area contributed by atoms with Gasteiger partial charge in [-0.1, -0.05) is 6.92 Å². The zero-order valence-electron chi connectivity index (χ0n) is 17.6. The van der Waals surface area contributed by atoms with Gasteiger partial charge in [-0.25, -0.2) is 4.98 Å². The van der Waals surface area contributed by atoms with Gasteiger partial charge in [-0.05, 0) is 38.5 Å². The van der Waals surface area contributed by atoms with Gasteiger partial charge in [-0.2, -0.15) is 0 Å². The summed E-state index contributed by atoms with van der Waals surface area (Å²) in [6.07, 6.45) is 4.97. The smallest absolute Gasteiger partial charge is 0.194 e. The first kappa shape index (κ1) is 23.8. The van der Waals surface area contributed by atoms with Gasteiger partial charge in [0.05, 0.1) is 25.5 Å². The summed E-state index contributed by atoms with van der Waals surface area (Å²) in [5.74, 6) is 1.52. The summed E-state index contributed by atoms with van der Waals surface area (Å²) in [5.41, 5.74) is 1.34. The van der Waals surface area contributed by atoms with Crippen LogP contribution >= 0.6 is 35.3 Å². The van der Waals surface area contributed by atoms with Crippen molar-refractivity contribution >= 4 is 41.3 Å². The molecule has 1 aliphatic heterocycles. The van der Waals surface area contributed by atoms with E-state index in [1.54, 1.807) is 0 Å². The molecule has 1 unspecified atom stereocenters. The second kappa shape index (κ2) is 12.3. The number of hydrogen-bond acceptors (Lipinski definition) is 5. The van der Waals surface area contributed by atoms with Crippen LogP contribution in [0.2, 0.25) is 0 Å². The van der Waals surface area contributed by atoms with Gasteiger partial charge in [0.2, 0.25) is 0 Å². The molecule has 0 spiro atoms. The van der Waals surface area contributed by atoms with Crippen molar-refractivity contribution in [3.63, 3.8) is 0 Å². The van der Waals surface area contributed by atoms with E-state index in [0.717, 1.165) is 64.9 Å². The van der Waals surface area contributed by atoms with Crippen molar-refractivity contribution in [2.24, 2.45) is 10.9 Å². The third-order valence-electron chi connectivity index (χ3n) is 5.19. The Bertz CT molecular complexity index is 594. The molecule has 6 nitrogen and oxygen atoms in total. The zero-order valence-corrected chi connectivity index (χ0v) is 20.7. The first-order valence-electron chi connectivity index (χ1n) is 10.4. The van der Waals surface area contributed by atoms with Crippen LogP contribution in [0, 0.1) is 5.92 Å². The monoisotopic (exact) mass is 521 g/mol. The molecule has 160 valence electrons. The van der Waals surface area contributed by atoms with Crippen molar-refractivity contribution in [3.8, 4) is 0 Å². The Morgan fingerprint density at radius 1 is 1.32 bits per heavy atom. The fourth-order valence-corrected chi connectivity index (χ4v) is 4.96. The van der Waals surface area contributed by atoms with Gasteiger partial charge in [-0.15, -0.1) is 35.3 Å². The van der Waals surface area contributed by atoms with E-state index in [1.165, 1.54) is 34.8 Å². The molecule has 3 rings (SSSR count). The Balaban J connectivity index is 0.00000280. The number of nitrogens with one attached hydrogen (secondary N) is 1. The number of hydrogen-bond donors (Lipinski definition) is 1. The molecule has 0 radical (unpaired) electrons. The Morgan fingerprint density at radius 3 is 2.79 bits per heavy atom. The summed E-state index contributed by atoms with van der Waals surface area (Å²) < 4.78 is 5.44.